The third kappa shape index (κ3) is 69.3. The van der Waals surface area contributed by atoms with Gasteiger partial charge in [-0.2, -0.15) is 0 Å². The van der Waals surface area contributed by atoms with Gasteiger partial charge in [-0.05, 0) is 83.5 Å². The predicted octanol–water partition coefficient (Wildman–Crippen LogP) is 25.0. The molecule has 1 atom stereocenters. The molecule has 6 heteroatoms. The van der Waals surface area contributed by atoms with Crippen LogP contribution in [-0.4, -0.2) is 37.2 Å². The highest BCUT2D eigenvalue weighted by molar-refractivity contribution is 5.71. The predicted molar refractivity (Wildman–Crippen MR) is 362 cm³/mol. The Kier molecular flexibility index (Phi) is 68.2. The molecule has 0 bridgehead atoms. The molecule has 1 unspecified atom stereocenters. The lowest BCUT2D eigenvalue weighted by Crippen LogP contribution is -2.30. The summed E-state index contributed by atoms with van der Waals surface area (Å²) in [6.45, 7) is 6.52. The van der Waals surface area contributed by atoms with Crippen molar-refractivity contribution in [3.63, 3.8) is 0 Å². The molecular weight excluding hydrogens is 1020 g/mol. The highest BCUT2D eigenvalue weighted by Gasteiger charge is 2.19. The van der Waals surface area contributed by atoms with Gasteiger partial charge in [0.05, 0.1) is 0 Å². The van der Waals surface area contributed by atoms with Crippen LogP contribution >= 0.6 is 0 Å². The minimum Gasteiger partial charge on any atom is -0.462 e. The monoisotopic (exact) mass is 1160 g/mol. The van der Waals surface area contributed by atoms with Gasteiger partial charge in [0.15, 0.2) is 6.10 Å². The Labute approximate surface area is 515 Å². The maximum atomic E-state index is 12.9. The van der Waals surface area contributed by atoms with Crippen LogP contribution in [0.15, 0.2) is 85.1 Å². The second-order valence-corrected chi connectivity index (χ2v) is 24.1. The highest BCUT2D eigenvalue weighted by atomic mass is 16.6. The number of unbranched alkanes of at least 4 members (excludes halogenated alkanes) is 41. The molecule has 0 rings (SSSR count). The van der Waals surface area contributed by atoms with Gasteiger partial charge in [0, 0.05) is 19.3 Å². The average Bonchev–Trinajstić information content (AvgIpc) is 3.50. The molecule has 0 saturated carbocycles. The molecule has 6 nitrogen and oxygen atoms in total. The van der Waals surface area contributed by atoms with E-state index in [1.54, 1.807) is 0 Å². The van der Waals surface area contributed by atoms with Gasteiger partial charge >= 0.3 is 17.9 Å². The molecule has 0 N–H and O–H groups in total. The lowest BCUT2D eigenvalue weighted by atomic mass is 10.0. The van der Waals surface area contributed by atoms with Gasteiger partial charge in [-0.25, -0.2) is 0 Å². The molecule has 0 spiro atoms. The molecule has 0 aliphatic rings. The second-order valence-electron chi connectivity index (χ2n) is 24.1. The van der Waals surface area contributed by atoms with E-state index in [1.165, 1.54) is 244 Å². The van der Waals surface area contributed by atoms with Crippen LogP contribution in [-0.2, 0) is 28.6 Å². The first-order valence-corrected chi connectivity index (χ1v) is 36.1. The van der Waals surface area contributed by atoms with Crippen LogP contribution in [0.2, 0.25) is 0 Å². The largest absolute Gasteiger partial charge is 0.462 e. The lowest BCUT2D eigenvalue weighted by Gasteiger charge is -2.18. The molecule has 0 aliphatic heterocycles. The molecule has 0 aromatic heterocycles. The van der Waals surface area contributed by atoms with Crippen LogP contribution in [0.1, 0.15) is 367 Å². The fourth-order valence-corrected chi connectivity index (χ4v) is 10.5. The first kappa shape index (κ1) is 79.6. The summed E-state index contributed by atoms with van der Waals surface area (Å²) in [6, 6.07) is 0. The molecule has 0 aromatic carbocycles. The fourth-order valence-electron chi connectivity index (χ4n) is 10.5. The number of rotatable bonds is 66. The van der Waals surface area contributed by atoms with Crippen LogP contribution in [0.3, 0.4) is 0 Å². The smallest absolute Gasteiger partial charge is 0.306 e. The Balaban J connectivity index is 4.36. The molecule has 0 heterocycles. The SMILES string of the molecule is CC/C=C\C/C=C\C/C=C\C/C=C\C/C=C\C/C=C\CCC(=O)OC(COC(=O)CCCCCCCCCCC/C=C\CCCCCCCC)COC(=O)CCCCCCCCCCCCCCCCCCCCCCCCCCCCC. The summed E-state index contributed by atoms with van der Waals surface area (Å²) < 4.78 is 16.9. The highest BCUT2D eigenvalue weighted by Crippen LogP contribution is 2.18. The second kappa shape index (κ2) is 71.1. The van der Waals surface area contributed by atoms with Gasteiger partial charge in [-0.15, -0.1) is 0 Å². The summed E-state index contributed by atoms with van der Waals surface area (Å²) >= 11 is 0. The van der Waals surface area contributed by atoms with Crippen molar-refractivity contribution in [1.82, 2.24) is 0 Å². The maximum Gasteiger partial charge on any atom is 0.306 e. The van der Waals surface area contributed by atoms with Crippen molar-refractivity contribution in [2.45, 2.75) is 374 Å². The fraction of sp³-hybridized carbons (Fsp3) is 0.779. The zero-order valence-electron chi connectivity index (χ0n) is 55.2. The van der Waals surface area contributed by atoms with Gasteiger partial charge in [0.25, 0.3) is 0 Å². The van der Waals surface area contributed by atoms with E-state index in [9.17, 15) is 14.4 Å². The molecule has 0 aromatic rings. The summed E-state index contributed by atoms with van der Waals surface area (Å²) in [4.78, 5) is 38.4. The summed E-state index contributed by atoms with van der Waals surface area (Å²) in [6.07, 6.45) is 94.9. The van der Waals surface area contributed by atoms with Crippen molar-refractivity contribution in [2.24, 2.45) is 0 Å². The Morgan fingerprint density at radius 3 is 0.783 bits per heavy atom. The Hall–Kier alpha value is -3.41. The van der Waals surface area contributed by atoms with E-state index in [0.29, 0.717) is 19.3 Å². The zero-order valence-corrected chi connectivity index (χ0v) is 55.2. The van der Waals surface area contributed by atoms with Gasteiger partial charge < -0.3 is 14.2 Å². The Morgan fingerprint density at radius 1 is 0.253 bits per heavy atom. The number of carbonyl (C=O) groups is 3. The third-order valence-corrected chi connectivity index (χ3v) is 15.9. The molecular formula is C77H136O6. The van der Waals surface area contributed by atoms with E-state index in [2.05, 4.69) is 99.8 Å². The normalized spacial score (nSPS) is 12.6. The standard InChI is InChI=1S/C77H136O6/c1-4-7-10-13-16-19-22-25-28-31-34-35-36-37-38-39-40-41-44-46-49-52-55-58-61-64-67-70-76(79)82-73-74(83-77(80)71-68-65-62-59-56-53-50-47-43-33-30-27-24-21-18-15-12-9-6-3)72-81-75(78)69-66-63-60-57-54-51-48-45-42-32-29-26-23-20-17-14-11-8-5-2/h9,12,18,21,26-27,29-30,43,47,53,56,62,65,74H,4-8,10-11,13-17,19-20,22-25,28,31-42,44-46,48-52,54-55,57-61,63-64,66-73H2,1-3H3/b12-9-,21-18-,29-26-,30-27-,47-43-,56-53-,65-62-. The third-order valence-electron chi connectivity index (χ3n) is 15.9. The van der Waals surface area contributed by atoms with E-state index in [-0.39, 0.29) is 37.5 Å². The van der Waals surface area contributed by atoms with Crippen molar-refractivity contribution in [3.05, 3.63) is 85.1 Å². The first-order valence-electron chi connectivity index (χ1n) is 36.1. The molecule has 480 valence electrons. The van der Waals surface area contributed by atoms with Crippen molar-refractivity contribution in [3.8, 4) is 0 Å². The number of hydrogen-bond donors (Lipinski definition) is 0. The van der Waals surface area contributed by atoms with Crippen LogP contribution in [0, 0.1) is 0 Å². The Bertz CT molecular complexity index is 1570. The molecule has 0 radical (unpaired) electrons. The van der Waals surface area contributed by atoms with E-state index in [1.807, 2.05) is 6.08 Å². The minimum atomic E-state index is -0.819. The van der Waals surface area contributed by atoms with Crippen LogP contribution in [0.25, 0.3) is 0 Å². The van der Waals surface area contributed by atoms with Crippen molar-refractivity contribution < 1.29 is 28.6 Å². The molecule has 83 heavy (non-hydrogen) atoms. The molecule has 0 amide bonds. The van der Waals surface area contributed by atoms with E-state index >= 15 is 0 Å². The molecule has 0 saturated heterocycles. The number of esters is 3. The lowest BCUT2D eigenvalue weighted by molar-refractivity contribution is -0.166. The number of hydrogen-bond acceptors (Lipinski definition) is 6. The topological polar surface area (TPSA) is 78.9 Å². The zero-order chi connectivity index (χ0) is 59.9. The van der Waals surface area contributed by atoms with Crippen LogP contribution < -0.4 is 0 Å². The summed E-state index contributed by atoms with van der Waals surface area (Å²) in [7, 11) is 0. The summed E-state index contributed by atoms with van der Waals surface area (Å²) in [5.74, 6) is -0.971. The maximum absolute atomic E-state index is 12.9. The first-order chi connectivity index (χ1) is 41.0. The molecule has 0 aliphatic carbocycles. The van der Waals surface area contributed by atoms with E-state index in [0.717, 1.165) is 77.0 Å². The minimum absolute atomic E-state index is 0.104. The van der Waals surface area contributed by atoms with E-state index in [4.69, 9.17) is 14.2 Å². The van der Waals surface area contributed by atoms with Gasteiger partial charge in [0.1, 0.15) is 13.2 Å². The van der Waals surface area contributed by atoms with Gasteiger partial charge in [-0.1, -0.05) is 350 Å². The van der Waals surface area contributed by atoms with Crippen molar-refractivity contribution in [2.75, 3.05) is 13.2 Å². The molecule has 0 fully saturated rings. The quantitative estimate of drug-likeness (QED) is 0.0261. The van der Waals surface area contributed by atoms with E-state index < -0.39 is 6.10 Å². The Morgan fingerprint density at radius 2 is 0.494 bits per heavy atom. The summed E-state index contributed by atoms with van der Waals surface area (Å²) in [5.41, 5.74) is 0. The van der Waals surface area contributed by atoms with Gasteiger partial charge in [-0.3, -0.25) is 14.4 Å². The van der Waals surface area contributed by atoms with Gasteiger partial charge in [0.2, 0.25) is 0 Å². The average molecular weight is 1160 g/mol. The van der Waals surface area contributed by atoms with Crippen LogP contribution in [0.5, 0.6) is 0 Å². The number of carbonyl (C=O) groups excluding carboxylic acids is 3. The number of allylic oxidation sites excluding steroid dienone is 14. The van der Waals surface area contributed by atoms with Crippen LogP contribution in [0.4, 0.5) is 0 Å². The number of ether oxygens (including phenoxy) is 3. The summed E-state index contributed by atoms with van der Waals surface area (Å²) in [5, 5.41) is 0. The van der Waals surface area contributed by atoms with Crippen molar-refractivity contribution in [1.29, 1.82) is 0 Å². The van der Waals surface area contributed by atoms with Crippen molar-refractivity contribution >= 4 is 17.9 Å².